The zero-order chi connectivity index (χ0) is 12.1. The number of halogens is 1. The van der Waals surface area contributed by atoms with E-state index in [9.17, 15) is 9.90 Å². The Morgan fingerprint density at radius 3 is 2.88 bits per heavy atom. The summed E-state index contributed by atoms with van der Waals surface area (Å²) in [5.41, 5.74) is 0.559. The third-order valence-electron chi connectivity index (χ3n) is 2.10. The molecule has 5 heteroatoms. The van der Waals surface area contributed by atoms with E-state index in [0.717, 1.165) is 0 Å². The third-order valence-corrected chi connectivity index (χ3v) is 2.33. The predicted octanol–water partition coefficient (Wildman–Crippen LogP) is 1.52. The normalized spacial score (nSPS) is 12.0. The van der Waals surface area contributed by atoms with E-state index < -0.39 is 6.10 Å². The van der Waals surface area contributed by atoms with Crippen molar-refractivity contribution in [2.75, 3.05) is 13.7 Å². The van der Waals surface area contributed by atoms with Crippen LogP contribution >= 0.6 is 11.6 Å². The Morgan fingerprint density at radius 2 is 2.31 bits per heavy atom. The summed E-state index contributed by atoms with van der Waals surface area (Å²) in [6, 6.07) is 4.97. The summed E-state index contributed by atoms with van der Waals surface area (Å²) in [5, 5.41) is 12.9. The van der Waals surface area contributed by atoms with E-state index in [-0.39, 0.29) is 12.5 Å². The zero-order valence-corrected chi connectivity index (χ0v) is 9.91. The molecule has 0 aliphatic heterocycles. The van der Waals surface area contributed by atoms with Crippen LogP contribution in [0, 0.1) is 0 Å². The molecule has 1 rings (SSSR count). The van der Waals surface area contributed by atoms with Crippen molar-refractivity contribution in [3.05, 3.63) is 28.8 Å². The molecule has 1 atom stereocenters. The van der Waals surface area contributed by atoms with Crippen molar-refractivity contribution >= 4 is 17.5 Å². The molecule has 0 fully saturated rings. The van der Waals surface area contributed by atoms with E-state index in [0.29, 0.717) is 16.3 Å². The van der Waals surface area contributed by atoms with Crippen LogP contribution in [0.1, 0.15) is 18.6 Å². The first kappa shape index (κ1) is 12.8. The monoisotopic (exact) mass is 243 g/mol. The van der Waals surface area contributed by atoms with Gasteiger partial charge in [0, 0.05) is 24.1 Å². The fourth-order valence-electron chi connectivity index (χ4n) is 1.32. The minimum absolute atomic E-state index is 0.131. The van der Waals surface area contributed by atoms with Crippen molar-refractivity contribution in [2.24, 2.45) is 0 Å². The maximum absolute atomic E-state index is 10.7. The topological polar surface area (TPSA) is 58.6 Å². The van der Waals surface area contributed by atoms with Crippen molar-refractivity contribution in [3.63, 3.8) is 0 Å². The molecule has 4 nitrogen and oxygen atoms in total. The number of benzene rings is 1. The number of aliphatic hydroxyl groups is 1. The summed E-state index contributed by atoms with van der Waals surface area (Å²) >= 11 is 5.83. The highest BCUT2D eigenvalue weighted by atomic mass is 35.5. The summed E-state index contributed by atoms with van der Waals surface area (Å²) in [5.74, 6) is 0.349. The third kappa shape index (κ3) is 3.40. The number of ether oxygens (including phenoxy) is 1. The fraction of sp³-hybridized carbons (Fsp3) is 0.364. The minimum Gasteiger partial charge on any atom is -0.496 e. The Bertz CT molecular complexity index is 381. The molecule has 2 N–H and O–H groups in total. The fourth-order valence-corrected chi connectivity index (χ4v) is 1.50. The Kier molecular flexibility index (Phi) is 4.58. The Labute approximate surface area is 99.2 Å². The summed E-state index contributed by atoms with van der Waals surface area (Å²) in [4.78, 5) is 10.7. The Balaban J connectivity index is 2.84. The van der Waals surface area contributed by atoms with Gasteiger partial charge in [-0.05, 0) is 18.2 Å². The maximum Gasteiger partial charge on any atom is 0.216 e. The molecule has 1 amide bonds. The summed E-state index contributed by atoms with van der Waals surface area (Å²) in [6.45, 7) is 1.52. The van der Waals surface area contributed by atoms with Crippen LogP contribution in [0.4, 0.5) is 0 Å². The van der Waals surface area contributed by atoms with Crippen molar-refractivity contribution in [2.45, 2.75) is 13.0 Å². The lowest BCUT2D eigenvalue weighted by molar-refractivity contribution is -0.119. The predicted molar refractivity (Wildman–Crippen MR) is 61.6 cm³/mol. The molecule has 0 saturated heterocycles. The van der Waals surface area contributed by atoms with E-state index in [1.807, 2.05) is 0 Å². The summed E-state index contributed by atoms with van der Waals surface area (Å²) in [7, 11) is 1.51. The molecule has 0 bridgehead atoms. The highest BCUT2D eigenvalue weighted by molar-refractivity contribution is 6.30. The second-order valence-electron chi connectivity index (χ2n) is 3.34. The van der Waals surface area contributed by atoms with Crippen LogP contribution in [0.5, 0.6) is 5.75 Å². The zero-order valence-electron chi connectivity index (χ0n) is 9.16. The number of nitrogens with one attached hydrogen (secondary N) is 1. The molecule has 0 spiro atoms. The number of aliphatic hydroxyl groups excluding tert-OH is 1. The lowest BCUT2D eigenvalue weighted by Crippen LogP contribution is -2.26. The van der Waals surface area contributed by atoms with Crippen LogP contribution in [0.2, 0.25) is 5.02 Å². The first-order valence-electron chi connectivity index (χ1n) is 4.80. The minimum atomic E-state index is -0.836. The van der Waals surface area contributed by atoms with Gasteiger partial charge in [-0.2, -0.15) is 0 Å². The highest BCUT2D eigenvalue weighted by Gasteiger charge is 2.13. The number of carbonyl (C=O) groups excluding carboxylic acids is 1. The number of amides is 1. The van der Waals surface area contributed by atoms with Crippen molar-refractivity contribution < 1.29 is 14.6 Å². The molecule has 1 unspecified atom stereocenters. The van der Waals surface area contributed by atoms with Crippen LogP contribution in [0.15, 0.2) is 18.2 Å². The average molecular weight is 244 g/mol. The van der Waals surface area contributed by atoms with E-state index >= 15 is 0 Å². The first-order chi connectivity index (χ1) is 7.54. The van der Waals surface area contributed by atoms with Gasteiger partial charge in [0.15, 0.2) is 0 Å². The van der Waals surface area contributed by atoms with Crippen molar-refractivity contribution in [1.29, 1.82) is 0 Å². The van der Waals surface area contributed by atoms with E-state index in [1.165, 1.54) is 14.0 Å². The second kappa shape index (κ2) is 5.72. The van der Waals surface area contributed by atoms with Gasteiger partial charge in [0.05, 0.1) is 13.2 Å². The van der Waals surface area contributed by atoms with E-state index in [1.54, 1.807) is 18.2 Å². The molecule has 1 aromatic rings. The standard InChI is InChI=1S/C11H14ClNO3/c1-7(14)13-6-10(15)9-5-8(12)3-4-11(9)16-2/h3-5,10,15H,6H2,1-2H3,(H,13,14). The number of rotatable bonds is 4. The maximum atomic E-state index is 10.7. The molecule has 0 aliphatic rings. The van der Waals surface area contributed by atoms with Gasteiger partial charge in [0.1, 0.15) is 5.75 Å². The van der Waals surface area contributed by atoms with Crippen LogP contribution in [-0.2, 0) is 4.79 Å². The van der Waals surface area contributed by atoms with Crippen LogP contribution in [-0.4, -0.2) is 24.7 Å². The van der Waals surface area contributed by atoms with Crippen LogP contribution in [0.3, 0.4) is 0 Å². The van der Waals surface area contributed by atoms with Gasteiger partial charge in [0.25, 0.3) is 0 Å². The first-order valence-corrected chi connectivity index (χ1v) is 5.18. The van der Waals surface area contributed by atoms with Gasteiger partial charge in [-0.15, -0.1) is 0 Å². The molecule has 0 saturated carbocycles. The molecule has 0 aliphatic carbocycles. The molecule has 16 heavy (non-hydrogen) atoms. The molecular weight excluding hydrogens is 230 g/mol. The quantitative estimate of drug-likeness (QED) is 0.843. The number of hydrogen-bond donors (Lipinski definition) is 2. The van der Waals surface area contributed by atoms with Gasteiger partial charge >= 0.3 is 0 Å². The lowest BCUT2D eigenvalue weighted by atomic mass is 10.1. The van der Waals surface area contributed by atoms with Gasteiger partial charge in [0.2, 0.25) is 5.91 Å². The van der Waals surface area contributed by atoms with Crippen LogP contribution < -0.4 is 10.1 Å². The summed E-state index contributed by atoms with van der Waals surface area (Å²) in [6.07, 6.45) is -0.836. The lowest BCUT2D eigenvalue weighted by Gasteiger charge is -2.15. The average Bonchev–Trinajstić information content (AvgIpc) is 2.25. The van der Waals surface area contributed by atoms with Gasteiger partial charge in [-0.3, -0.25) is 4.79 Å². The Morgan fingerprint density at radius 1 is 1.62 bits per heavy atom. The Hall–Kier alpha value is -1.26. The highest BCUT2D eigenvalue weighted by Crippen LogP contribution is 2.27. The van der Waals surface area contributed by atoms with Crippen LogP contribution in [0.25, 0.3) is 0 Å². The SMILES string of the molecule is COc1ccc(Cl)cc1C(O)CNC(C)=O. The van der Waals surface area contributed by atoms with Gasteiger partial charge < -0.3 is 15.2 Å². The number of hydrogen-bond acceptors (Lipinski definition) is 3. The number of methoxy groups -OCH3 is 1. The molecular formula is C11H14ClNO3. The molecule has 0 heterocycles. The molecule has 0 radical (unpaired) electrons. The summed E-state index contributed by atoms with van der Waals surface area (Å²) < 4.78 is 5.10. The largest absolute Gasteiger partial charge is 0.496 e. The smallest absolute Gasteiger partial charge is 0.216 e. The second-order valence-corrected chi connectivity index (χ2v) is 3.78. The molecule has 88 valence electrons. The van der Waals surface area contributed by atoms with Crippen molar-refractivity contribution in [1.82, 2.24) is 5.32 Å². The van der Waals surface area contributed by atoms with E-state index in [2.05, 4.69) is 5.32 Å². The van der Waals surface area contributed by atoms with Crippen molar-refractivity contribution in [3.8, 4) is 5.75 Å². The molecule has 1 aromatic carbocycles. The number of carbonyl (C=O) groups is 1. The van der Waals surface area contributed by atoms with E-state index in [4.69, 9.17) is 16.3 Å². The van der Waals surface area contributed by atoms with Gasteiger partial charge in [-0.25, -0.2) is 0 Å². The van der Waals surface area contributed by atoms with Gasteiger partial charge in [-0.1, -0.05) is 11.6 Å². The molecule has 0 aromatic heterocycles.